The highest BCUT2D eigenvalue weighted by Crippen LogP contribution is 2.18. The molecule has 1 aromatic carbocycles. The molecule has 1 atom stereocenters. The zero-order valence-electron chi connectivity index (χ0n) is 10.3. The Kier molecular flexibility index (Phi) is 3.97. The molecule has 1 aliphatic heterocycles. The minimum Gasteiger partial charge on any atom is -0.368 e. The van der Waals surface area contributed by atoms with Crippen LogP contribution in [0.25, 0.3) is 0 Å². The van der Waals surface area contributed by atoms with E-state index in [-0.39, 0.29) is 5.91 Å². The maximum absolute atomic E-state index is 12.2. The van der Waals surface area contributed by atoms with Gasteiger partial charge in [-0.3, -0.25) is 9.59 Å². The molecule has 0 bridgehead atoms. The summed E-state index contributed by atoms with van der Waals surface area (Å²) in [5.74, 6) is -0.402. The van der Waals surface area contributed by atoms with E-state index in [1.807, 2.05) is 30.3 Å². The fraction of sp³-hybridized carbons (Fsp3) is 0.429. The van der Waals surface area contributed by atoms with Gasteiger partial charge in [-0.25, -0.2) is 0 Å². The van der Waals surface area contributed by atoms with Crippen molar-refractivity contribution in [2.24, 2.45) is 5.73 Å². The quantitative estimate of drug-likeness (QED) is 0.868. The summed E-state index contributed by atoms with van der Waals surface area (Å²) in [6.45, 7) is 0.638. The summed E-state index contributed by atoms with van der Waals surface area (Å²) >= 11 is 0. The van der Waals surface area contributed by atoms with Gasteiger partial charge in [0.25, 0.3) is 0 Å². The standard InChI is InChI=1S/C14H18N2O2/c15-14(18)12-8-4-5-9-16(12)13(17)10-11-6-2-1-3-7-11/h1-3,6-7,12H,4-5,8-10H2,(H2,15,18)/t12-/m0/s1. The summed E-state index contributed by atoms with van der Waals surface area (Å²) in [6, 6.07) is 9.15. The Morgan fingerprint density at radius 3 is 2.61 bits per heavy atom. The first kappa shape index (κ1) is 12.6. The van der Waals surface area contributed by atoms with Crippen LogP contribution in [-0.4, -0.2) is 29.3 Å². The van der Waals surface area contributed by atoms with E-state index in [1.54, 1.807) is 4.90 Å². The van der Waals surface area contributed by atoms with Gasteiger partial charge in [0, 0.05) is 6.54 Å². The first-order valence-electron chi connectivity index (χ1n) is 6.31. The third kappa shape index (κ3) is 2.88. The first-order chi connectivity index (χ1) is 8.68. The van der Waals surface area contributed by atoms with Crippen LogP contribution >= 0.6 is 0 Å². The van der Waals surface area contributed by atoms with Crippen molar-refractivity contribution in [2.45, 2.75) is 31.7 Å². The van der Waals surface area contributed by atoms with Crippen LogP contribution in [-0.2, 0) is 16.0 Å². The number of amides is 2. The number of carbonyl (C=O) groups excluding carboxylic acids is 2. The number of likely N-dealkylation sites (tertiary alicyclic amines) is 1. The van der Waals surface area contributed by atoms with Crippen molar-refractivity contribution in [3.8, 4) is 0 Å². The highest BCUT2D eigenvalue weighted by molar-refractivity contribution is 5.87. The molecule has 1 aliphatic rings. The molecule has 2 N–H and O–H groups in total. The molecule has 2 amide bonds. The average molecular weight is 246 g/mol. The molecular weight excluding hydrogens is 228 g/mol. The van der Waals surface area contributed by atoms with Crippen LogP contribution in [0, 0.1) is 0 Å². The molecule has 4 nitrogen and oxygen atoms in total. The van der Waals surface area contributed by atoms with Crippen molar-refractivity contribution >= 4 is 11.8 Å². The van der Waals surface area contributed by atoms with Gasteiger partial charge in [-0.05, 0) is 24.8 Å². The van der Waals surface area contributed by atoms with Gasteiger partial charge < -0.3 is 10.6 Å². The second-order valence-corrected chi connectivity index (χ2v) is 4.66. The Morgan fingerprint density at radius 2 is 1.94 bits per heavy atom. The van der Waals surface area contributed by atoms with Crippen LogP contribution in [0.5, 0.6) is 0 Å². The smallest absolute Gasteiger partial charge is 0.240 e. The Morgan fingerprint density at radius 1 is 1.22 bits per heavy atom. The fourth-order valence-electron chi connectivity index (χ4n) is 2.40. The Labute approximate surface area is 107 Å². The van der Waals surface area contributed by atoms with E-state index in [9.17, 15) is 9.59 Å². The molecule has 0 spiro atoms. The predicted molar refractivity (Wildman–Crippen MR) is 68.7 cm³/mol. The number of nitrogens with two attached hydrogens (primary N) is 1. The number of piperidine rings is 1. The van der Waals surface area contributed by atoms with Gasteiger partial charge in [0.05, 0.1) is 6.42 Å². The van der Waals surface area contributed by atoms with E-state index in [0.29, 0.717) is 19.4 Å². The van der Waals surface area contributed by atoms with Crippen molar-refractivity contribution in [3.05, 3.63) is 35.9 Å². The van der Waals surface area contributed by atoms with Crippen molar-refractivity contribution in [1.29, 1.82) is 0 Å². The van der Waals surface area contributed by atoms with Gasteiger partial charge in [0.15, 0.2) is 0 Å². The van der Waals surface area contributed by atoms with Crippen molar-refractivity contribution in [1.82, 2.24) is 4.90 Å². The average Bonchev–Trinajstić information content (AvgIpc) is 2.40. The van der Waals surface area contributed by atoms with Gasteiger partial charge >= 0.3 is 0 Å². The molecule has 1 saturated heterocycles. The molecule has 1 aromatic rings. The van der Waals surface area contributed by atoms with Gasteiger partial charge in [-0.2, -0.15) is 0 Å². The van der Waals surface area contributed by atoms with Gasteiger partial charge in [-0.1, -0.05) is 30.3 Å². The van der Waals surface area contributed by atoms with Gasteiger partial charge in [-0.15, -0.1) is 0 Å². The minimum absolute atomic E-state index is 0.00954. The molecule has 0 saturated carbocycles. The lowest BCUT2D eigenvalue weighted by molar-refractivity contribution is -0.140. The predicted octanol–water partition coefficient (Wildman–Crippen LogP) is 1.10. The SMILES string of the molecule is NC(=O)[C@@H]1CCCCN1C(=O)Cc1ccccc1. The number of hydrogen-bond donors (Lipinski definition) is 1. The van der Waals surface area contributed by atoms with Crippen LogP contribution in [0.1, 0.15) is 24.8 Å². The number of carbonyl (C=O) groups is 2. The van der Waals surface area contributed by atoms with Crippen LogP contribution in [0.3, 0.4) is 0 Å². The number of rotatable bonds is 3. The molecule has 0 unspecified atom stereocenters. The highest BCUT2D eigenvalue weighted by Gasteiger charge is 2.30. The van der Waals surface area contributed by atoms with Crippen LogP contribution in [0.15, 0.2) is 30.3 Å². The van der Waals surface area contributed by atoms with E-state index in [0.717, 1.165) is 18.4 Å². The molecule has 1 fully saturated rings. The zero-order valence-corrected chi connectivity index (χ0v) is 10.3. The lowest BCUT2D eigenvalue weighted by Crippen LogP contribution is -2.50. The number of benzene rings is 1. The number of nitrogens with zero attached hydrogens (tertiary/aromatic N) is 1. The second kappa shape index (κ2) is 5.67. The molecule has 96 valence electrons. The summed E-state index contributed by atoms with van der Waals surface area (Å²) in [5, 5.41) is 0. The normalized spacial score (nSPS) is 19.6. The second-order valence-electron chi connectivity index (χ2n) is 4.66. The topological polar surface area (TPSA) is 63.4 Å². The maximum atomic E-state index is 12.2. The number of primary amides is 1. The molecule has 2 rings (SSSR count). The summed E-state index contributed by atoms with van der Waals surface area (Å²) in [6.07, 6.45) is 2.94. The molecule has 4 heteroatoms. The van der Waals surface area contributed by atoms with E-state index in [4.69, 9.17) is 5.73 Å². The minimum atomic E-state index is -0.421. The third-order valence-corrected chi connectivity index (χ3v) is 3.35. The molecule has 0 aromatic heterocycles. The molecule has 18 heavy (non-hydrogen) atoms. The first-order valence-corrected chi connectivity index (χ1v) is 6.31. The maximum Gasteiger partial charge on any atom is 0.240 e. The largest absolute Gasteiger partial charge is 0.368 e. The van der Waals surface area contributed by atoms with Crippen molar-refractivity contribution < 1.29 is 9.59 Å². The van der Waals surface area contributed by atoms with E-state index >= 15 is 0 Å². The van der Waals surface area contributed by atoms with E-state index in [2.05, 4.69) is 0 Å². The van der Waals surface area contributed by atoms with Crippen LogP contribution < -0.4 is 5.73 Å². The molecule has 1 heterocycles. The lowest BCUT2D eigenvalue weighted by Gasteiger charge is -2.33. The van der Waals surface area contributed by atoms with E-state index < -0.39 is 11.9 Å². The Bertz CT molecular complexity index is 431. The van der Waals surface area contributed by atoms with Gasteiger partial charge in [0.2, 0.25) is 11.8 Å². The highest BCUT2D eigenvalue weighted by atomic mass is 16.2. The van der Waals surface area contributed by atoms with Gasteiger partial charge in [0.1, 0.15) is 6.04 Å². The fourth-order valence-corrected chi connectivity index (χ4v) is 2.40. The summed E-state index contributed by atoms with van der Waals surface area (Å²) < 4.78 is 0. The summed E-state index contributed by atoms with van der Waals surface area (Å²) in [7, 11) is 0. The molecule has 0 aliphatic carbocycles. The summed E-state index contributed by atoms with van der Waals surface area (Å²) in [5.41, 5.74) is 6.32. The third-order valence-electron chi connectivity index (χ3n) is 3.35. The van der Waals surface area contributed by atoms with Crippen molar-refractivity contribution in [3.63, 3.8) is 0 Å². The molecular formula is C14H18N2O2. The van der Waals surface area contributed by atoms with Crippen LogP contribution in [0.2, 0.25) is 0 Å². The van der Waals surface area contributed by atoms with Crippen molar-refractivity contribution in [2.75, 3.05) is 6.54 Å². The zero-order chi connectivity index (χ0) is 13.0. The summed E-state index contributed by atoms with van der Waals surface area (Å²) in [4.78, 5) is 25.2. The lowest BCUT2D eigenvalue weighted by atomic mass is 10.0. The van der Waals surface area contributed by atoms with E-state index in [1.165, 1.54) is 0 Å². The van der Waals surface area contributed by atoms with Crippen LogP contribution in [0.4, 0.5) is 0 Å². The molecule has 0 radical (unpaired) electrons. The Balaban J connectivity index is 2.05. The Hall–Kier alpha value is -1.84. The monoisotopic (exact) mass is 246 g/mol. The number of hydrogen-bond acceptors (Lipinski definition) is 2.